The molecule has 0 bridgehead atoms. The molecule has 1 heterocycles. The van der Waals surface area contributed by atoms with Crippen molar-refractivity contribution in [2.75, 3.05) is 19.4 Å². The zero-order valence-corrected chi connectivity index (χ0v) is 11.9. The summed E-state index contributed by atoms with van der Waals surface area (Å²) in [4.78, 5) is 13.8. The normalized spacial score (nSPS) is 15.0. The molecule has 1 aliphatic heterocycles. The van der Waals surface area contributed by atoms with Crippen LogP contribution in [0.25, 0.3) is 16.7 Å². The number of halogens is 1. The largest absolute Gasteiger partial charge is 0.383 e. The molecule has 21 heavy (non-hydrogen) atoms. The Bertz CT molecular complexity index is 750. The van der Waals surface area contributed by atoms with Crippen LogP contribution in [0.2, 0.25) is 0 Å². The number of fused-ring (bicyclic) bond motifs is 1. The third-order valence-electron chi connectivity index (χ3n) is 3.37. The second-order valence-corrected chi connectivity index (χ2v) is 5.20. The molecule has 0 unspecified atom stereocenters. The highest BCUT2D eigenvalue weighted by molar-refractivity contribution is 6.31. The van der Waals surface area contributed by atoms with Crippen LogP contribution in [-0.2, 0) is 4.79 Å². The van der Waals surface area contributed by atoms with Crippen molar-refractivity contribution in [1.29, 1.82) is 0 Å². The summed E-state index contributed by atoms with van der Waals surface area (Å²) < 4.78 is 13.8. The van der Waals surface area contributed by atoms with Crippen molar-refractivity contribution >= 4 is 17.2 Å². The van der Waals surface area contributed by atoms with E-state index in [1.54, 1.807) is 24.4 Å². The molecule has 0 atom stereocenters. The molecular formula is C17H15FN2O. The number of nitrogens with one attached hydrogen (secondary N) is 1. The van der Waals surface area contributed by atoms with Crippen LogP contribution < -0.4 is 5.32 Å². The highest BCUT2D eigenvalue weighted by Gasteiger charge is 2.24. The van der Waals surface area contributed by atoms with Gasteiger partial charge in [0.25, 0.3) is 5.91 Å². The molecule has 0 saturated heterocycles. The van der Waals surface area contributed by atoms with Gasteiger partial charge < -0.3 is 10.2 Å². The van der Waals surface area contributed by atoms with Crippen LogP contribution in [0, 0.1) is 5.82 Å². The van der Waals surface area contributed by atoms with Crippen LogP contribution in [0.5, 0.6) is 0 Å². The van der Waals surface area contributed by atoms with E-state index in [2.05, 4.69) is 5.32 Å². The monoisotopic (exact) mass is 282 g/mol. The molecule has 3 nitrogen and oxygen atoms in total. The molecule has 0 saturated carbocycles. The van der Waals surface area contributed by atoms with Crippen LogP contribution in [0.1, 0.15) is 5.56 Å². The molecule has 1 amide bonds. The Kier molecular flexibility index (Phi) is 3.22. The van der Waals surface area contributed by atoms with Gasteiger partial charge in [-0.3, -0.25) is 4.79 Å². The Morgan fingerprint density at radius 1 is 1.10 bits per heavy atom. The van der Waals surface area contributed by atoms with Crippen molar-refractivity contribution in [3.63, 3.8) is 0 Å². The highest BCUT2D eigenvalue weighted by atomic mass is 19.1. The molecule has 4 heteroatoms. The van der Waals surface area contributed by atoms with E-state index < -0.39 is 0 Å². The van der Waals surface area contributed by atoms with Gasteiger partial charge in [0.2, 0.25) is 0 Å². The topological polar surface area (TPSA) is 32.3 Å². The molecule has 106 valence electrons. The van der Waals surface area contributed by atoms with E-state index in [1.807, 2.05) is 37.2 Å². The maximum atomic E-state index is 13.8. The minimum atomic E-state index is -0.272. The number of benzene rings is 2. The number of carbonyl (C=O) groups is 1. The van der Waals surface area contributed by atoms with E-state index in [4.69, 9.17) is 0 Å². The molecule has 2 aromatic carbocycles. The number of carbonyl (C=O) groups excluding carboxylic acids is 1. The van der Waals surface area contributed by atoms with E-state index in [0.717, 1.165) is 11.1 Å². The number of amides is 1. The fourth-order valence-corrected chi connectivity index (χ4v) is 2.44. The van der Waals surface area contributed by atoms with Gasteiger partial charge in [-0.15, -0.1) is 0 Å². The molecule has 3 rings (SSSR count). The molecular weight excluding hydrogens is 267 g/mol. The van der Waals surface area contributed by atoms with E-state index in [-0.39, 0.29) is 11.7 Å². The predicted molar refractivity (Wildman–Crippen MR) is 82.1 cm³/mol. The van der Waals surface area contributed by atoms with Gasteiger partial charge in [-0.1, -0.05) is 30.3 Å². The molecule has 1 aliphatic rings. The average molecular weight is 282 g/mol. The van der Waals surface area contributed by atoms with Gasteiger partial charge >= 0.3 is 0 Å². The van der Waals surface area contributed by atoms with Gasteiger partial charge in [0.05, 0.1) is 5.57 Å². The van der Waals surface area contributed by atoms with Gasteiger partial charge in [-0.25, -0.2) is 4.39 Å². The van der Waals surface area contributed by atoms with Crippen LogP contribution in [0.15, 0.2) is 48.7 Å². The minimum absolute atomic E-state index is 0.135. The second kappa shape index (κ2) is 5.05. The molecule has 0 fully saturated rings. The Morgan fingerprint density at radius 3 is 2.57 bits per heavy atom. The maximum absolute atomic E-state index is 13.8. The summed E-state index contributed by atoms with van der Waals surface area (Å²) in [6.45, 7) is 0. The third-order valence-corrected chi connectivity index (χ3v) is 3.37. The van der Waals surface area contributed by atoms with E-state index in [0.29, 0.717) is 16.8 Å². The molecule has 0 spiro atoms. The van der Waals surface area contributed by atoms with E-state index >= 15 is 0 Å². The average Bonchev–Trinajstić information content (AvgIpc) is 2.74. The number of nitrogens with zero attached hydrogens (tertiary/aromatic N) is 1. The van der Waals surface area contributed by atoms with Gasteiger partial charge in [0.1, 0.15) is 5.82 Å². The number of hydrogen-bond donors (Lipinski definition) is 1. The first-order valence-electron chi connectivity index (χ1n) is 6.65. The third kappa shape index (κ3) is 2.40. The van der Waals surface area contributed by atoms with Gasteiger partial charge in [0.15, 0.2) is 0 Å². The maximum Gasteiger partial charge on any atom is 0.257 e. The van der Waals surface area contributed by atoms with Crippen LogP contribution in [0.3, 0.4) is 0 Å². The Balaban J connectivity index is 2.08. The first kappa shape index (κ1) is 13.4. The second-order valence-electron chi connectivity index (χ2n) is 5.20. The smallest absolute Gasteiger partial charge is 0.257 e. The Labute approximate surface area is 122 Å². The quantitative estimate of drug-likeness (QED) is 0.857. The summed E-state index contributed by atoms with van der Waals surface area (Å²) in [6, 6.07) is 12.1. The van der Waals surface area contributed by atoms with E-state index in [1.165, 1.54) is 6.07 Å². The summed E-state index contributed by atoms with van der Waals surface area (Å²) in [5.41, 5.74) is 3.45. The first-order valence-corrected chi connectivity index (χ1v) is 6.65. The van der Waals surface area contributed by atoms with Gasteiger partial charge in [-0.05, 0) is 17.7 Å². The highest BCUT2D eigenvalue weighted by Crippen LogP contribution is 2.35. The lowest BCUT2D eigenvalue weighted by Crippen LogP contribution is -2.08. The van der Waals surface area contributed by atoms with Gasteiger partial charge in [0, 0.05) is 37.1 Å². The number of rotatable bonds is 2. The Morgan fingerprint density at radius 2 is 1.86 bits per heavy atom. The molecule has 0 radical (unpaired) electrons. The van der Waals surface area contributed by atoms with E-state index in [9.17, 15) is 9.18 Å². The molecule has 0 aromatic heterocycles. The standard InChI is InChI=1S/C17H15FN2O/c1-20(2)10-14-13-8-7-11(9-16(13)19-17(14)21)12-5-3-4-6-15(12)18/h3-10H,1-2H3,(H,19,21)/b14-10-. The molecule has 1 N–H and O–H groups in total. The van der Waals surface area contributed by atoms with Crippen molar-refractivity contribution in [3.8, 4) is 11.1 Å². The van der Waals surface area contributed by atoms with Gasteiger partial charge in [-0.2, -0.15) is 0 Å². The lowest BCUT2D eigenvalue weighted by Gasteiger charge is -2.07. The summed E-state index contributed by atoms with van der Waals surface area (Å²) in [6.07, 6.45) is 1.78. The summed E-state index contributed by atoms with van der Waals surface area (Å²) in [7, 11) is 3.73. The summed E-state index contributed by atoms with van der Waals surface area (Å²) in [5.74, 6) is -0.407. The fraction of sp³-hybridized carbons (Fsp3) is 0.118. The zero-order chi connectivity index (χ0) is 15.0. The summed E-state index contributed by atoms with van der Waals surface area (Å²) in [5, 5.41) is 2.83. The van der Waals surface area contributed by atoms with Crippen molar-refractivity contribution in [2.45, 2.75) is 0 Å². The molecule has 0 aliphatic carbocycles. The van der Waals surface area contributed by atoms with Crippen LogP contribution in [0.4, 0.5) is 10.1 Å². The lowest BCUT2D eigenvalue weighted by molar-refractivity contribution is -0.110. The fourth-order valence-electron chi connectivity index (χ4n) is 2.44. The van der Waals surface area contributed by atoms with Crippen LogP contribution in [-0.4, -0.2) is 24.9 Å². The Hall–Kier alpha value is -2.62. The molecule has 2 aromatic rings. The SMILES string of the molecule is CN(C)/C=C1\C(=O)Nc2cc(-c3ccccc3F)ccc21. The van der Waals surface area contributed by atoms with Crippen molar-refractivity contribution < 1.29 is 9.18 Å². The number of anilines is 1. The number of hydrogen-bond acceptors (Lipinski definition) is 2. The van der Waals surface area contributed by atoms with Crippen molar-refractivity contribution in [3.05, 3.63) is 60.0 Å². The van der Waals surface area contributed by atoms with Crippen LogP contribution >= 0.6 is 0 Å². The first-order chi connectivity index (χ1) is 10.1. The van der Waals surface area contributed by atoms with Crippen molar-refractivity contribution in [1.82, 2.24) is 4.90 Å². The van der Waals surface area contributed by atoms with Crippen molar-refractivity contribution in [2.24, 2.45) is 0 Å². The lowest BCUT2D eigenvalue weighted by atomic mass is 10.0. The predicted octanol–water partition coefficient (Wildman–Crippen LogP) is 3.35. The minimum Gasteiger partial charge on any atom is -0.383 e. The summed E-state index contributed by atoms with van der Waals surface area (Å²) >= 11 is 0. The zero-order valence-electron chi connectivity index (χ0n) is 11.9.